The van der Waals surface area contributed by atoms with Gasteiger partial charge in [0.1, 0.15) is 5.39 Å². The third-order valence-electron chi connectivity index (χ3n) is 4.95. The minimum absolute atomic E-state index is 0.0168. The Morgan fingerprint density at radius 1 is 1.33 bits per heavy atom. The number of nitrogens with one attached hydrogen (secondary N) is 1. The fourth-order valence-corrected chi connectivity index (χ4v) is 3.62. The van der Waals surface area contributed by atoms with E-state index < -0.39 is 11.2 Å². The molecule has 0 radical (unpaired) electrons. The van der Waals surface area contributed by atoms with Crippen LogP contribution in [-0.2, 0) is 6.42 Å². The van der Waals surface area contributed by atoms with Gasteiger partial charge < -0.3 is 9.25 Å². The molecule has 0 spiro atoms. The Bertz CT molecular complexity index is 1090. The van der Waals surface area contributed by atoms with Crippen LogP contribution in [0, 0.1) is 0 Å². The number of aromatic amines is 1. The van der Waals surface area contributed by atoms with Crippen molar-refractivity contribution in [2.24, 2.45) is 5.16 Å². The summed E-state index contributed by atoms with van der Waals surface area (Å²) in [5.41, 5.74) is 3.06. The lowest BCUT2D eigenvalue weighted by molar-refractivity contribution is 0.309. The lowest BCUT2D eigenvalue weighted by Gasteiger charge is -2.15. The van der Waals surface area contributed by atoms with Crippen LogP contribution in [0.2, 0.25) is 0 Å². The molecule has 2 aromatic rings. The Morgan fingerprint density at radius 2 is 2.22 bits per heavy atom. The van der Waals surface area contributed by atoms with Crippen LogP contribution in [0.1, 0.15) is 51.0 Å². The summed E-state index contributed by atoms with van der Waals surface area (Å²) in [5.74, 6) is 0. The monoisotopic (exact) mass is 367 g/mol. The van der Waals surface area contributed by atoms with Gasteiger partial charge in [0.25, 0.3) is 5.56 Å². The molecule has 140 valence electrons. The number of oxime groups is 1. The first-order valence-corrected chi connectivity index (χ1v) is 9.35. The maximum Gasteiger partial charge on any atom is 0.337 e. The van der Waals surface area contributed by atoms with Gasteiger partial charge in [-0.3, -0.25) is 9.78 Å². The van der Waals surface area contributed by atoms with Crippen LogP contribution in [0.15, 0.2) is 48.5 Å². The Morgan fingerprint density at radius 3 is 3.07 bits per heavy atom. The summed E-state index contributed by atoms with van der Waals surface area (Å²) >= 11 is 0. The van der Waals surface area contributed by atoms with Gasteiger partial charge in [-0.1, -0.05) is 36.2 Å². The molecule has 0 unspecified atom stereocenters. The minimum Gasteiger partial charge on any atom is -0.403 e. The number of aromatic nitrogens is 2. The maximum absolute atomic E-state index is 12.5. The third kappa shape index (κ3) is 3.49. The van der Waals surface area contributed by atoms with Gasteiger partial charge in [0.05, 0.1) is 5.71 Å². The molecule has 0 fully saturated rings. The Hall–Kier alpha value is -2.96. The Balaban J connectivity index is 1.68. The molecule has 2 aromatic heterocycles. The summed E-state index contributed by atoms with van der Waals surface area (Å²) in [7, 11) is 0. The lowest BCUT2D eigenvalue weighted by Crippen LogP contribution is -2.15. The first-order valence-electron chi connectivity index (χ1n) is 9.35. The number of nitrogens with zero attached hydrogens (tertiary/aromatic N) is 2. The van der Waals surface area contributed by atoms with E-state index in [1.54, 1.807) is 0 Å². The van der Waals surface area contributed by atoms with Crippen molar-refractivity contribution in [1.29, 1.82) is 0 Å². The van der Waals surface area contributed by atoms with Gasteiger partial charge in [0.15, 0.2) is 0 Å². The molecule has 0 saturated carbocycles. The lowest BCUT2D eigenvalue weighted by atomic mass is 9.92. The highest BCUT2D eigenvalue weighted by Crippen LogP contribution is 2.31. The van der Waals surface area contributed by atoms with Crippen molar-refractivity contribution in [3.05, 3.63) is 55.7 Å². The highest BCUT2D eigenvalue weighted by Gasteiger charge is 2.20. The molecule has 0 aromatic carbocycles. The summed E-state index contributed by atoms with van der Waals surface area (Å²) in [6.45, 7) is 2.05. The number of hydrogen-bond acceptors (Lipinski definition) is 6. The quantitative estimate of drug-likeness (QED) is 0.817. The molecule has 0 aliphatic heterocycles. The molecule has 0 bridgehead atoms. The zero-order valence-corrected chi connectivity index (χ0v) is 15.2. The van der Waals surface area contributed by atoms with Crippen molar-refractivity contribution in [3.63, 3.8) is 0 Å². The van der Waals surface area contributed by atoms with Crippen LogP contribution in [0.25, 0.3) is 11.1 Å². The molecule has 0 amide bonds. The number of allylic oxidation sites excluding steroid dienone is 4. The van der Waals surface area contributed by atoms with Crippen molar-refractivity contribution >= 4 is 16.8 Å². The minimum atomic E-state index is -0.526. The van der Waals surface area contributed by atoms with E-state index in [1.807, 2.05) is 6.92 Å². The van der Waals surface area contributed by atoms with Gasteiger partial charge in [0, 0.05) is 6.07 Å². The van der Waals surface area contributed by atoms with Gasteiger partial charge in [-0.05, 0) is 49.7 Å². The first-order chi connectivity index (χ1) is 13.2. The second-order valence-corrected chi connectivity index (χ2v) is 6.85. The molecule has 7 nitrogen and oxygen atoms in total. The van der Waals surface area contributed by atoms with E-state index in [0.29, 0.717) is 17.4 Å². The van der Waals surface area contributed by atoms with E-state index >= 15 is 0 Å². The predicted octanol–water partition coefficient (Wildman–Crippen LogP) is 3.39. The molecular weight excluding hydrogens is 346 g/mol. The average Bonchev–Trinajstić information content (AvgIpc) is 3.13. The Labute approximate surface area is 155 Å². The average molecular weight is 367 g/mol. The first kappa shape index (κ1) is 17.5. The Kier molecular flexibility index (Phi) is 4.75. The van der Waals surface area contributed by atoms with Crippen LogP contribution in [0.3, 0.4) is 0 Å². The van der Waals surface area contributed by atoms with E-state index in [-0.39, 0.29) is 11.7 Å². The van der Waals surface area contributed by atoms with E-state index in [0.717, 1.165) is 49.8 Å². The van der Waals surface area contributed by atoms with E-state index in [9.17, 15) is 9.59 Å². The highest BCUT2D eigenvalue weighted by molar-refractivity contribution is 6.04. The third-order valence-corrected chi connectivity index (χ3v) is 4.95. The normalized spacial score (nSPS) is 17.7. The summed E-state index contributed by atoms with van der Waals surface area (Å²) in [6.07, 6.45) is 10.5. The number of aryl methyl sites for hydroxylation is 1. The SMILES string of the molecule is CCCCc1cc(=O)oc2nc(O/N=C3\CCCC4=C3C=CC4)[nH]c(=O)c12. The zero-order valence-electron chi connectivity index (χ0n) is 15.2. The second-order valence-electron chi connectivity index (χ2n) is 6.85. The summed E-state index contributed by atoms with van der Waals surface area (Å²) in [4.78, 5) is 36.5. The van der Waals surface area contributed by atoms with Gasteiger partial charge >= 0.3 is 11.6 Å². The molecule has 4 rings (SSSR count). The molecule has 27 heavy (non-hydrogen) atoms. The predicted molar refractivity (Wildman–Crippen MR) is 102 cm³/mol. The van der Waals surface area contributed by atoms with E-state index in [4.69, 9.17) is 9.25 Å². The maximum atomic E-state index is 12.5. The molecule has 1 N–H and O–H groups in total. The molecule has 2 aliphatic carbocycles. The van der Waals surface area contributed by atoms with Crippen LogP contribution in [-0.4, -0.2) is 15.7 Å². The fourth-order valence-electron chi connectivity index (χ4n) is 3.62. The van der Waals surface area contributed by atoms with E-state index in [2.05, 4.69) is 27.3 Å². The highest BCUT2D eigenvalue weighted by atomic mass is 16.6. The smallest absolute Gasteiger partial charge is 0.337 e. The molecule has 0 saturated heterocycles. The van der Waals surface area contributed by atoms with Crippen molar-refractivity contribution < 1.29 is 9.25 Å². The molecule has 7 heteroatoms. The van der Waals surface area contributed by atoms with Gasteiger partial charge in [-0.25, -0.2) is 4.79 Å². The number of unbranched alkanes of at least 4 members (excludes halogenated alkanes) is 1. The molecule has 0 atom stereocenters. The van der Waals surface area contributed by atoms with Crippen molar-refractivity contribution in [3.8, 4) is 6.01 Å². The molecular formula is C20H21N3O4. The topological polar surface area (TPSA) is 97.5 Å². The number of H-pyrrole nitrogens is 1. The molecule has 2 heterocycles. The summed E-state index contributed by atoms with van der Waals surface area (Å²) in [5, 5.41) is 4.49. The van der Waals surface area contributed by atoms with Crippen LogP contribution < -0.4 is 16.0 Å². The van der Waals surface area contributed by atoms with Crippen molar-refractivity contribution in [2.75, 3.05) is 0 Å². The number of rotatable bonds is 5. The summed E-state index contributed by atoms with van der Waals surface area (Å²) < 4.78 is 5.13. The van der Waals surface area contributed by atoms with Gasteiger partial charge in [-0.15, -0.1) is 0 Å². The van der Waals surface area contributed by atoms with Crippen LogP contribution in [0.4, 0.5) is 0 Å². The fraction of sp³-hybridized carbons (Fsp3) is 0.400. The number of fused-ring (bicyclic) bond motifs is 1. The van der Waals surface area contributed by atoms with Crippen molar-refractivity contribution in [2.45, 2.75) is 51.9 Å². The summed E-state index contributed by atoms with van der Waals surface area (Å²) in [6, 6.07) is 1.28. The van der Waals surface area contributed by atoms with Gasteiger partial charge in [0.2, 0.25) is 5.71 Å². The molecule has 2 aliphatic rings. The zero-order chi connectivity index (χ0) is 18.8. The largest absolute Gasteiger partial charge is 0.403 e. The van der Waals surface area contributed by atoms with Crippen LogP contribution >= 0.6 is 0 Å². The van der Waals surface area contributed by atoms with Crippen molar-refractivity contribution in [1.82, 2.24) is 9.97 Å². The second kappa shape index (κ2) is 7.34. The van der Waals surface area contributed by atoms with Crippen LogP contribution in [0.5, 0.6) is 6.01 Å². The van der Waals surface area contributed by atoms with E-state index in [1.165, 1.54) is 11.6 Å². The standard InChI is InChI=1S/C20H21N3O4/c1-2-3-6-13-11-16(24)26-19-17(13)18(25)21-20(22-19)27-23-15-10-5-8-12-7-4-9-14(12)15/h4,9,11H,2-3,5-8,10H2,1H3,(H,21,22,25)/b23-15+. The van der Waals surface area contributed by atoms with Gasteiger partial charge in [-0.2, -0.15) is 4.98 Å². The number of hydrogen-bond donors (Lipinski definition) is 1.